The van der Waals surface area contributed by atoms with Crippen LogP contribution in [-0.4, -0.2) is 11.5 Å². The number of halogens is 2. The van der Waals surface area contributed by atoms with E-state index in [1.165, 1.54) is 18.2 Å². The molecule has 0 radical (unpaired) electrons. The number of hydrogen-bond acceptors (Lipinski definition) is 5. The molecule has 1 N–H and O–H groups in total. The zero-order valence-electron chi connectivity index (χ0n) is 10.1. The Kier molecular flexibility index (Phi) is 4.46. The molecular weight excluding hydrogens is 290 g/mol. The first kappa shape index (κ1) is 14.2. The summed E-state index contributed by atoms with van der Waals surface area (Å²) in [4.78, 5) is 10.9. The lowest BCUT2D eigenvalue weighted by Crippen LogP contribution is -2.02. The van der Waals surface area contributed by atoms with E-state index in [9.17, 15) is 18.9 Å². The molecule has 2 rings (SSSR count). The molecule has 0 saturated heterocycles. The second-order valence-corrected chi connectivity index (χ2v) is 4.90. The fourth-order valence-electron chi connectivity index (χ4n) is 1.50. The minimum atomic E-state index is -2.85. The van der Waals surface area contributed by atoms with Crippen molar-refractivity contribution < 1.29 is 18.4 Å². The average Bonchev–Trinajstić information content (AvgIpc) is 2.86. The average molecular weight is 300 g/mol. The van der Waals surface area contributed by atoms with Crippen LogP contribution in [0, 0.1) is 10.1 Å². The van der Waals surface area contributed by atoms with Crippen molar-refractivity contribution >= 4 is 22.0 Å². The number of nitrogens with one attached hydrogen (secondary N) is 1. The Morgan fingerprint density at radius 2 is 1.95 bits per heavy atom. The predicted molar refractivity (Wildman–Crippen MR) is 71.4 cm³/mol. The van der Waals surface area contributed by atoms with Gasteiger partial charge in [0.25, 0.3) is 0 Å². The highest BCUT2D eigenvalue weighted by Gasteiger charge is 2.09. The lowest BCUT2D eigenvalue weighted by molar-refractivity contribution is -0.380. The second kappa shape index (κ2) is 6.29. The van der Waals surface area contributed by atoms with Gasteiger partial charge in [0, 0.05) is 23.2 Å². The zero-order valence-corrected chi connectivity index (χ0v) is 10.9. The van der Waals surface area contributed by atoms with Crippen LogP contribution in [0.5, 0.6) is 5.75 Å². The number of thiophene rings is 1. The SMILES string of the molecule is O=[N+]([O-])c1ccc(CNc2ccc(OC(F)F)cc2)s1. The molecule has 0 aliphatic carbocycles. The number of ether oxygens (including phenoxy) is 1. The lowest BCUT2D eigenvalue weighted by Gasteiger charge is -2.07. The minimum Gasteiger partial charge on any atom is -0.435 e. The smallest absolute Gasteiger partial charge is 0.387 e. The Morgan fingerprint density at radius 1 is 1.25 bits per heavy atom. The fourth-order valence-corrected chi connectivity index (χ4v) is 2.26. The molecule has 106 valence electrons. The molecule has 0 saturated carbocycles. The monoisotopic (exact) mass is 300 g/mol. The van der Waals surface area contributed by atoms with Crippen molar-refractivity contribution in [3.8, 4) is 5.75 Å². The third-order valence-electron chi connectivity index (χ3n) is 2.37. The van der Waals surface area contributed by atoms with Gasteiger partial charge in [0.15, 0.2) is 0 Å². The van der Waals surface area contributed by atoms with Gasteiger partial charge in [0.05, 0.1) is 4.92 Å². The van der Waals surface area contributed by atoms with Gasteiger partial charge in [-0.1, -0.05) is 11.3 Å². The van der Waals surface area contributed by atoms with Gasteiger partial charge in [-0.25, -0.2) is 0 Å². The highest BCUT2D eigenvalue weighted by Crippen LogP contribution is 2.25. The Balaban J connectivity index is 1.91. The van der Waals surface area contributed by atoms with Crippen LogP contribution in [0.15, 0.2) is 36.4 Å². The largest absolute Gasteiger partial charge is 0.435 e. The Labute approximate surface area is 117 Å². The number of benzene rings is 1. The van der Waals surface area contributed by atoms with E-state index in [1.54, 1.807) is 18.2 Å². The third-order valence-corrected chi connectivity index (χ3v) is 3.41. The van der Waals surface area contributed by atoms with E-state index in [2.05, 4.69) is 10.1 Å². The van der Waals surface area contributed by atoms with Crippen LogP contribution >= 0.6 is 11.3 Å². The maximum Gasteiger partial charge on any atom is 0.387 e. The molecule has 0 unspecified atom stereocenters. The first-order chi connectivity index (χ1) is 9.54. The molecule has 1 aromatic carbocycles. The number of rotatable bonds is 6. The maximum atomic E-state index is 12.0. The van der Waals surface area contributed by atoms with Crippen molar-refractivity contribution in [3.63, 3.8) is 0 Å². The van der Waals surface area contributed by atoms with E-state index in [0.29, 0.717) is 12.2 Å². The number of anilines is 1. The third kappa shape index (κ3) is 3.89. The zero-order chi connectivity index (χ0) is 14.5. The summed E-state index contributed by atoms with van der Waals surface area (Å²) in [6.07, 6.45) is 0. The van der Waals surface area contributed by atoms with Gasteiger partial charge in [-0.2, -0.15) is 8.78 Å². The molecule has 0 bridgehead atoms. The summed E-state index contributed by atoms with van der Waals surface area (Å²) in [5.74, 6) is 0.0808. The molecule has 0 atom stereocenters. The van der Waals surface area contributed by atoms with Crippen molar-refractivity contribution in [2.24, 2.45) is 0 Å². The Morgan fingerprint density at radius 3 is 2.50 bits per heavy atom. The van der Waals surface area contributed by atoms with Crippen LogP contribution in [0.3, 0.4) is 0 Å². The van der Waals surface area contributed by atoms with Crippen molar-refractivity contribution in [1.82, 2.24) is 0 Å². The van der Waals surface area contributed by atoms with E-state index in [1.807, 2.05) is 0 Å². The highest BCUT2D eigenvalue weighted by atomic mass is 32.1. The molecular formula is C12H10F2N2O3S. The molecule has 0 spiro atoms. The van der Waals surface area contributed by atoms with Crippen LogP contribution in [0.25, 0.3) is 0 Å². The molecule has 1 aromatic heterocycles. The number of nitro groups is 1. The highest BCUT2D eigenvalue weighted by molar-refractivity contribution is 7.15. The van der Waals surface area contributed by atoms with Crippen molar-refractivity contribution in [2.45, 2.75) is 13.2 Å². The van der Waals surface area contributed by atoms with Crippen LogP contribution < -0.4 is 10.1 Å². The molecule has 0 aliphatic heterocycles. The molecule has 0 amide bonds. The van der Waals surface area contributed by atoms with E-state index in [-0.39, 0.29) is 10.8 Å². The second-order valence-electron chi connectivity index (χ2n) is 3.75. The summed E-state index contributed by atoms with van der Waals surface area (Å²) in [6, 6.07) is 9.15. The van der Waals surface area contributed by atoms with Crippen LogP contribution in [0.4, 0.5) is 19.5 Å². The van der Waals surface area contributed by atoms with E-state index < -0.39 is 11.5 Å². The topological polar surface area (TPSA) is 64.4 Å². The molecule has 1 heterocycles. The number of nitrogens with zero attached hydrogens (tertiary/aromatic N) is 1. The first-order valence-electron chi connectivity index (χ1n) is 5.56. The number of hydrogen-bond donors (Lipinski definition) is 1. The molecule has 20 heavy (non-hydrogen) atoms. The summed E-state index contributed by atoms with van der Waals surface area (Å²) in [6.45, 7) is -2.42. The van der Waals surface area contributed by atoms with Gasteiger partial charge < -0.3 is 10.1 Å². The van der Waals surface area contributed by atoms with Crippen molar-refractivity contribution in [3.05, 3.63) is 51.4 Å². The van der Waals surface area contributed by atoms with Gasteiger partial charge in [0.2, 0.25) is 0 Å². The molecule has 2 aromatic rings. The van der Waals surface area contributed by atoms with Crippen LogP contribution in [-0.2, 0) is 6.54 Å². The molecule has 8 heteroatoms. The minimum absolute atomic E-state index is 0.0808. The summed E-state index contributed by atoms with van der Waals surface area (Å²) in [7, 11) is 0. The Bertz CT molecular complexity index is 587. The normalized spacial score (nSPS) is 10.6. The van der Waals surface area contributed by atoms with E-state index in [4.69, 9.17) is 0 Å². The summed E-state index contributed by atoms with van der Waals surface area (Å²) < 4.78 is 28.2. The molecule has 5 nitrogen and oxygen atoms in total. The van der Waals surface area contributed by atoms with Gasteiger partial charge in [0.1, 0.15) is 5.75 Å². The standard InChI is InChI=1S/C12H10F2N2O3S/c13-12(14)19-9-3-1-8(2-4-9)15-7-10-5-6-11(20-10)16(17)18/h1-6,12,15H,7H2. The summed E-state index contributed by atoms with van der Waals surface area (Å²) in [5, 5.41) is 13.7. The quantitative estimate of drug-likeness (QED) is 0.649. The Hall–Kier alpha value is -2.22. The predicted octanol–water partition coefficient (Wildman–Crippen LogP) is 3.87. The van der Waals surface area contributed by atoms with Crippen molar-refractivity contribution in [2.75, 3.05) is 5.32 Å². The maximum absolute atomic E-state index is 12.0. The van der Waals surface area contributed by atoms with Crippen molar-refractivity contribution in [1.29, 1.82) is 0 Å². The molecule has 0 fully saturated rings. The number of alkyl halides is 2. The van der Waals surface area contributed by atoms with Gasteiger partial charge in [-0.05, 0) is 30.3 Å². The van der Waals surface area contributed by atoms with Gasteiger partial charge >= 0.3 is 11.6 Å². The van der Waals surface area contributed by atoms with E-state index in [0.717, 1.165) is 16.2 Å². The van der Waals surface area contributed by atoms with Crippen LogP contribution in [0.1, 0.15) is 4.88 Å². The van der Waals surface area contributed by atoms with E-state index >= 15 is 0 Å². The molecule has 0 aliphatic rings. The summed E-state index contributed by atoms with van der Waals surface area (Å²) in [5.41, 5.74) is 0.711. The van der Waals surface area contributed by atoms with Gasteiger partial charge in [-0.3, -0.25) is 10.1 Å². The fraction of sp³-hybridized carbons (Fsp3) is 0.167. The lowest BCUT2D eigenvalue weighted by atomic mass is 10.3. The first-order valence-corrected chi connectivity index (χ1v) is 6.38. The van der Waals surface area contributed by atoms with Crippen LogP contribution in [0.2, 0.25) is 0 Å². The van der Waals surface area contributed by atoms with Gasteiger partial charge in [-0.15, -0.1) is 0 Å². The summed E-state index contributed by atoms with van der Waals surface area (Å²) >= 11 is 1.09.